The van der Waals surface area contributed by atoms with Crippen LogP contribution in [0.25, 0.3) is 10.2 Å². The van der Waals surface area contributed by atoms with Gasteiger partial charge in [-0.1, -0.05) is 12.1 Å². The first-order chi connectivity index (χ1) is 11.8. The van der Waals surface area contributed by atoms with E-state index in [0.717, 1.165) is 35.0 Å². The van der Waals surface area contributed by atoms with Gasteiger partial charge in [0.2, 0.25) is 0 Å². The van der Waals surface area contributed by atoms with Gasteiger partial charge in [0.25, 0.3) is 5.56 Å². The summed E-state index contributed by atoms with van der Waals surface area (Å²) in [6, 6.07) is 8.09. The second-order valence-corrected chi connectivity index (χ2v) is 7.77. The monoisotopic (exact) mass is 355 g/mol. The van der Waals surface area contributed by atoms with E-state index in [1.807, 2.05) is 30.5 Å². The summed E-state index contributed by atoms with van der Waals surface area (Å²) in [7, 11) is 0. The van der Waals surface area contributed by atoms with Gasteiger partial charge in [0.1, 0.15) is 11.2 Å². The Balaban J connectivity index is 1.72. The van der Waals surface area contributed by atoms with E-state index in [2.05, 4.69) is 10.1 Å². The van der Waals surface area contributed by atoms with Crippen molar-refractivity contribution in [3.05, 3.63) is 57.0 Å². The number of thiophene rings is 1. The third kappa shape index (κ3) is 2.80. The molecule has 0 saturated carbocycles. The summed E-state index contributed by atoms with van der Waals surface area (Å²) in [5.41, 5.74) is 2.11. The van der Waals surface area contributed by atoms with Crippen LogP contribution >= 0.6 is 23.1 Å². The molecular formula is C18H17N3OS2. The third-order valence-electron chi connectivity index (χ3n) is 4.31. The summed E-state index contributed by atoms with van der Waals surface area (Å²) in [5.74, 6) is 0. The van der Waals surface area contributed by atoms with E-state index in [-0.39, 0.29) is 5.56 Å². The molecule has 1 aliphatic carbocycles. The highest BCUT2D eigenvalue weighted by molar-refractivity contribution is 7.98. The van der Waals surface area contributed by atoms with Gasteiger partial charge in [-0.15, -0.1) is 23.1 Å². The van der Waals surface area contributed by atoms with Gasteiger partial charge >= 0.3 is 0 Å². The molecule has 0 atom stereocenters. The van der Waals surface area contributed by atoms with Crippen molar-refractivity contribution in [1.29, 1.82) is 0 Å². The molecule has 3 aromatic rings. The first-order valence-electron chi connectivity index (χ1n) is 7.96. The second kappa shape index (κ2) is 6.53. The molecule has 0 saturated heterocycles. The summed E-state index contributed by atoms with van der Waals surface area (Å²) in [4.78, 5) is 20.6. The molecule has 0 fully saturated rings. The Morgan fingerprint density at radius 2 is 2.04 bits per heavy atom. The van der Waals surface area contributed by atoms with Crippen molar-refractivity contribution in [1.82, 2.24) is 9.66 Å². The molecule has 4 rings (SSSR count). The summed E-state index contributed by atoms with van der Waals surface area (Å²) in [6.45, 7) is 0. The van der Waals surface area contributed by atoms with Gasteiger partial charge in [0.15, 0.2) is 0 Å². The minimum atomic E-state index is -0.0589. The van der Waals surface area contributed by atoms with Gasteiger partial charge in [-0.2, -0.15) is 9.78 Å². The molecule has 2 heterocycles. The Morgan fingerprint density at radius 3 is 2.83 bits per heavy atom. The van der Waals surface area contributed by atoms with Crippen molar-refractivity contribution >= 4 is 39.5 Å². The van der Waals surface area contributed by atoms with Crippen LogP contribution in [0.5, 0.6) is 0 Å². The normalized spacial score (nSPS) is 14.4. The quantitative estimate of drug-likeness (QED) is 0.528. The summed E-state index contributed by atoms with van der Waals surface area (Å²) < 4.78 is 1.35. The van der Waals surface area contributed by atoms with E-state index in [1.54, 1.807) is 29.3 Å². The third-order valence-corrected chi connectivity index (χ3v) is 6.25. The molecule has 0 spiro atoms. The fourth-order valence-corrected chi connectivity index (χ4v) is 4.67. The Kier molecular flexibility index (Phi) is 4.24. The molecule has 0 unspecified atom stereocenters. The van der Waals surface area contributed by atoms with Crippen LogP contribution in [0.3, 0.4) is 0 Å². The van der Waals surface area contributed by atoms with E-state index in [9.17, 15) is 4.79 Å². The number of benzene rings is 1. The molecule has 1 aromatic carbocycles. The van der Waals surface area contributed by atoms with Gasteiger partial charge in [0.05, 0.1) is 11.6 Å². The minimum Gasteiger partial charge on any atom is -0.267 e. The molecule has 4 nitrogen and oxygen atoms in total. The van der Waals surface area contributed by atoms with E-state index in [4.69, 9.17) is 0 Å². The van der Waals surface area contributed by atoms with Crippen LogP contribution in [0, 0.1) is 0 Å². The van der Waals surface area contributed by atoms with Gasteiger partial charge in [0, 0.05) is 9.77 Å². The van der Waals surface area contributed by atoms with Gasteiger partial charge in [-0.25, -0.2) is 4.98 Å². The Hall–Kier alpha value is -1.92. The number of aryl methyl sites for hydroxylation is 2. The van der Waals surface area contributed by atoms with Gasteiger partial charge in [-0.3, -0.25) is 4.79 Å². The zero-order valence-electron chi connectivity index (χ0n) is 13.4. The molecule has 24 heavy (non-hydrogen) atoms. The number of fused-ring (bicyclic) bond motifs is 3. The maximum Gasteiger partial charge on any atom is 0.282 e. The molecule has 0 amide bonds. The molecule has 6 heteroatoms. The fraction of sp³-hybridized carbons (Fsp3) is 0.278. The predicted octanol–water partition coefficient (Wildman–Crippen LogP) is 3.94. The van der Waals surface area contributed by atoms with Crippen molar-refractivity contribution in [2.75, 3.05) is 6.26 Å². The molecule has 122 valence electrons. The van der Waals surface area contributed by atoms with Crippen LogP contribution in [0.2, 0.25) is 0 Å². The second-order valence-electron chi connectivity index (χ2n) is 5.80. The van der Waals surface area contributed by atoms with E-state index in [1.165, 1.54) is 32.8 Å². The average Bonchev–Trinajstić information content (AvgIpc) is 3.01. The number of hydrogen-bond acceptors (Lipinski definition) is 5. The largest absolute Gasteiger partial charge is 0.282 e. The highest BCUT2D eigenvalue weighted by Crippen LogP contribution is 2.33. The molecule has 0 N–H and O–H groups in total. The highest BCUT2D eigenvalue weighted by atomic mass is 32.2. The minimum absolute atomic E-state index is 0.0589. The Labute approximate surface area is 148 Å². The van der Waals surface area contributed by atoms with Crippen LogP contribution in [0.1, 0.15) is 28.8 Å². The zero-order chi connectivity index (χ0) is 16.5. The van der Waals surface area contributed by atoms with Crippen LogP contribution in [0.15, 0.2) is 45.4 Å². The number of thioether (sulfide) groups is 1. The lowest BCUT2D eigenvalue weighted by molar-refractivity contribution is 0.699. The van der Waals surface area contributed by atoms with Crippen LogP contribution in [0.4, 0.5) is 0 Å². The molecule has 1 aliphatic rings. The maximum absolute atomic E-state index is 12.8. The molecular weight excluding hydrogens is 338 g/mol. The lowest BCUT2D eigenvalue weighted by atomic mass is 9.97. The first-order valence-corrected chi connectivity index (χ1v) is 10.0. The lowest BCUT2D eigenvalue weighted by Gasteiger charge is -2.09. The first kappa shape index (κ1) is 15.6. The van der Waals surface area contributed by atoms with Crippen LogP contribution in [-0.4, -0.2) is 22.1 Å². The average molecular weight is 355 g/mol. The van der Waals surface area contributed by atoms with Crippen LogP contribution < -0.4 is 5.56 Å². The Bertz CT molecular complexity index is 970. The van der Waals surface area contributed by atoms with Crippen LogP contribution in [-0.2, 0) is 12.8 Å². The molecule has 0 bridgehead atoms. The molecule has 0 radical (unpaired) electrons. The van der Waals surface area contributed by atoms with Crippen molar-refractivity contribution in [3.63, 3.8) is 0 Å². The van der Waals surface area contributed by atoms with E-state index in [0.29, 0.717) is 0 Å². The summed E-state index contributed by atoms with van der Waals surface area (Å²) >= 11 is 3.36. The Morgan fingerprint density at radius 1 is 1.25 bits per heavy atom. The fourth-order valence-electron chi connectivity index (χ4n) is 3.04. The van der Waals surface area contributed by atoms with E-state index >= 15 is 0 Å². The number of rotatable bonds is 3. The van der Waals surface area contributed by atoms with Gasteiger partial charge in [-0.05, 0) is 55.2 Å². The number of nitrogens with zero attached hydrogens (tertiary/aromatic N) is 3. The smallest absolute Gasteiger partial charge is 0.267 e. The van der Waals surface area contributed by atoms with E-state index < -0.39 is 0 Å². The highest BCUT2D eigenvalue weighted by Gasteiger charge is 2.19. The van der Waals surface area contributed by atoms with Crippen molar-refractivity contribution in [2.24, 2.45) is 5.10 Å². The van der Waals surface area contributed by atoms with Gasteiger partial charge < -0.3 is 0 Å². The van der Waals surface area contributed by atoms with Crippen molar-refractivity contribution < 1.29 is 0 Å². The SMILES string of the molecule is CSc1ccc(C=Nn2cnc3sc4c(c3c2=O)CCCC4)cc1. The van der Waals surface area contributed by atoms with Crippen molar-refractivity contribution in [2.45, 2.75) is 30.6 Å². The summed E-state index contributed by atoms with van der Waals surface area (Å²) in [6.07, 6.45) is 9.69. The number of hydrogen-bond donors (Lipinski definition) is 0. The standard InChI is InChI=1S/C18H17N3OS2/c1-23-13-8-6-12(7-9-13)10-20-21-11-19-17-16(18(21)22)14-4-2-3-5-15(14)24-17/h6-11H,2-5H2,1H3. The molecule has 0 aliphatic heterocycles. The lowest BCUT2D eigenvalue weighted by Crippen LogP contribution is -2.18. The van der Waals surface area contributed by atoms with Crippen molar-refractivity contribution in [3.8, 4) is 0 Å². The molecule has 2 aromatic heterocycles. The topological polar surface area (TPSA) is 47.2 Å². The number of aromatic nitrogens is 2. The summed E-state index contributed by atoms with van der Waals surface area (Å²) in [5, 5.41) is 5.10. The zero-order valence-corrected chi connectivity index (χ0v) is 15.0. The maximum atomic E-state index is 12.8. The predicted molar refractivity (Wildman–Crippen MR) is 102 cm³/mol.